The fourth-order valence-corrected chi connectivity index (χ4v) is 1.68. The molecule has 0 saturated heterocycles. The smallest absolute Gasteiger partial charge is 0.310 e. The molecule has 1 aromatic carbocycles. The summed E-state index contributed by atoms with van der Waals surface area (Å²) in [5.41, 5.74) is -0.0769. The van der Waals surface area contributed by atoms with E-state index in [2.05, 4.69) is 15.9 Å². The quantitative estimate of drug-likeness (QED) is 0.456. The normalized spacial score (nSPS) is 9.89. The van der Waals surface area contributed by atoms with E-state index in [1.807, 2.05) is 0 Å². The Kier molecular flexibility index (Phi) is 5.57. The van der Waals surface area contributed by atoms with Crippen LogP contribution in [0.15, 0.2) is 24.3 Å². The molecule has 0 fully saturated rings. The van der Waals surface area contributed by atoms with Crippen LogP contribution in [0, 0.1) is 10.1 Å². The van der Waals surface area contributed by atoms with Gasteiger partial charge >= 0.3 is 5.69 Å². The van der Waals surface area contributed by atoms with Gasteiger partial charge in [-0.3, -0.25) is 14.9 Å². The van der Waals surface area contributed by atoms with E-state index in [1.54, 1.807) is 19.2 Å². The summed E-state index contributed by atoms with van der Waals surface area (Å²) >= 11 is 3.06. The van der Waals surface area contributed by atoms with Crippen LogP contribution in [0.2, 0.25) is 0 Å². The Morgan fingerprint density at radius 3 is 2.78 bits per heavy atom. The molecular weight excluding hydrogens is 304 g/mol. The van der Waals surface area contributed by atoms with Crippen molar-refractivity contribution in [2.45, 2.75) is 0 Å². The lowest BCUT2D eigenvalue weighted by Gasteiger charge is -2.16. The molecule has 0 heterocycles. The third-order valence-corrected chi connectivity index (χ3v) is 2.77. The van der Waals surface area contributed by atoms with Crippen molar-refractivity contribution in [3.63, 3.8) is 0 Å². The monoisotopic (exact) mass is 316 g/mol. The Balaban J connectivity index is 2.54. The third-order valence-electron chi connectivity index (χ3n) is 2.29. The molecule has 6 nitrogen and oxygen atoms in total. The maximum atomic E-state index is 11.2. The first kappa shape index (κ1) is 14.4. The number of para-hydroxylation sites is 2. The number of carbonyl (C=O) groups is 1. The first-order chi connectivity index (χ1) is 8.56. The molecule has 18 heavy (non-hydrogen) atoms. The fourth-order valence-electron chi connectivity index (χ4n) is 1.25. The zero-order chi connectivity index (χ0) is 13.5. The van der Waals surface area contributed by atoms with Gasteiger partial charge in [-0.2, -0.15) is 0 Å². The van der Waals surface area contributed by atoms with Gasteiger partial charge in [0, 0.05) is 13.1 Å². The minimum absolute atomic E-state index is 0.0684. The molecule has 0 saturated carbocycles. The molecule has 1 rings (SSSR count). The van der Waals surface area contributed by atoms with Gasteiger partial charge in [-0.25, -0.2) is 0 Å². The van der Waals surface area contributed by atoms with Gasteiger partial charge < -0.3 is 9.64 Å². The van der Waals surface area contributed by atoms with Gasteiger partial charge in [-0.05, 0) is 6.07 Å². The highest BCUT2D eigenvalue weighted by atomic mass is 79.9. The van der Waals surface area contributed by atoms with Crippen LogP contribution >= 0.6 is 15.9 Å². The predicted octanol–water partition coefficient (Wildman–Crippen LogP) is 1.83. The maximum absolute atomic E-state index is 11.2. The number of alkyl halides is 1. The van der Waals surface area contributed by atoms with Crippen molar-refractivity contribution in [1.82, 2.24) is 4.90 Å². The fraction of sp³-hybridized carbons (Fsp3) is 0.364. The molecule has 98 valence electrons. The van der Waals surface area contributed by atoms with E-state index >= 15 is 0 Å². The molecule has 0 atom stereocenters. The number of nitro groups is 1. The van der Waals surface area contributed by atoms with Crippen LogP contribution in [0.25, 0.3) is 0 Å². The number of hydrogen-bond acceptors (Lipinski definition) is 4. The molecule has 0 radical (unpaired) electrons. The molecule has 0 N–H and O–H groups in total. The van der Waals surface area contributed by atoms with Crippen LogP contribution in [-0.4, -0.2) is 41.3 Å². The minimum atomic E-state index is -0.497. The van der Waals surface area contributed by atoms with Crippen LogP contribution in [0.5, 0.6) is 5.75 Å². The van der Waals surface area contributed by atoms with E-state index in [0.717, 1.165) is 0 Å². The number of likely N-dealkylation sites (N-methyl/N-ethyl adjacent to an activating group) is 1. The summed E-state index contributed by atoms with van der Waals surface area (Å²) in [6.07, 6.45) is 0. The van der Waals surface area contributed by atoms with Gasteiger partial charge in [0.2, 0.25) is 5.91 Å². The molecule has 0 spiro atoms. The van der Waals surface area contributed by atoms with Crippen molar-refractivity contribution < 1.29 is 14.5 Å². The van der Waals surface area contributed by atoms with Crippen molar-refractivity contribution in [2.75, 3.05) is 25.5 Å². The number of carbonyl (C=O) groups excluding carboxylic acids is 1. The van der Waals surface area contributed by atoms with Crippen molar-refractivity contribution in [1.29, 1.82) is 0 Å². The van der Waals surface area contributed by atoms with Crippen LogP contribution < -0.4 is 4.74 Å². The number of nitrogens with zero attached hydrogens (tertiary/aromatic N) is 2. The van der Waals surface area contributed by atoms with E-state index < -0.39 is 4.92 Å². The lowest BCUT2D eigenvalue weighted by Crippen LogP contribution is -2.31. The topological polar surface area (TPSA) is 72.7 Å². The highest BCUT2D eigenvalue weighted by molar-refractivity contribution is 9.09. The average molecular weight is 317 g/mol. The minimum Gasteiger partial charge on any atom is -0.485 e. The summed E-state index contributed by atoms with van der Waals surface area (Å²) < 4.78 is 5.31. The molecule has 1 amide bonds. The van der Waals surface area contributed by atoms with Crippen molar-refractivity contribution in [3.8, 4) is 5.75 Å². The van der Waals surface area contributed by atoms with Gasteiger partial charge in [0.15, 0.2) is 5.75 Å². The summed E-state index contributed by atoms with van der Waals surface area (Å²) in [4.78, 5) is 23.0. The molecule has 1 aromatic rings. The van der Waals surface area contributed by atoms with E-state index in [9.17, 15) is 14.9 Å². The van der Waals surface area contributed by atoms with Crippen molar-refractivity contribution >= 4 is 27.5 Å². The average Bonchev–Trinajstić information content (AvgIpc) is 2.38. The molecule has 0 aliphatic carbocycles. The summed E-state index contributed by atoms with van der Waals surface area (Å²) in [5.74, 6) is 0.142. The second-order valence-corrected chi connectivity index (χ2v) is 4.08. The number of ether oxygens (including phenoxy) is 1. The summed E-state index contributed by atoms with van der Waals surface area (Å²) in [7, 11) is 1.65. The van der Waals surface area contributed by atoms with E-state index in [0.29, 0.717) is 6.54 Å². The molecule has 0 aliphatic rings. The van der Waals surface area contributed by atoms with Crippen LogP contribution in [0.1, 0.15) is 0 Å². The number of amides is 1. The summed E-state index contributed by atoms with van der Waals surface area (Å²) in [6, 6.07) is 6.15. The molecular formula is C11H13BrN2O4. The predicted molar refractivity (Wildman–Crippen MR) is 70.0 cm³/mol. The molecule has 0 bridgehead atoms. The molecule has 7 heteroatoms. The maximum Gasteiger partial charge on any atom is 0.310 e. The number of hydrogen-bond donors (Lipinski definition) is 0. The Labute approximate surface area is 113 Å². The van der Waals surface area contributed by atoms with Crippen LogP contribution in [0.3, 0.4) is 0 Å². The number of rotatable bonds is 6. The Morgan fingerprint density at radius 2 is 2.17 bits per heavy atom. The van der Waals surface area contributed by atoms with Gasteiger partial charge in [-0.15, -0.1) is 0 Å². The zero-order valence-corrected chi connectivity index (χ0v) is 11.4. The Hall–Kier alpha value is -1.63. The van der Waals surface area contributed by atoms with Gasteiger partial charge in [-0.1, -0.05) is 28.1 Å². The zero-order valence-electron chi connectivity index (χ0n) is 9.84. The Bertz CT molecular complexity index is 439. The van der Waals surface area contributed by atoms with E-state index in [-0.39, 0.29) is 29.3 Å². The third kappa shape index (κ3) is 3.99. The second kappa shape index (κ2) is 6.95. The highest BCUT2D eigenvalue weighted by Crippen LogP contribution is 2.25. The van der Waals surface area contributed by atoms with Gasteiger partial charge in [0.25, 0.3) is 0 Å². The molecule has 0 aliphatic heterocycles. The highest BCUT2D eigenvalue weighted by Gasteiger charge is 2.14. The largest absolute Gasteiger partial charge is 0.485 e. The summed E-state index contributed by atoms with van der Waals surface area (Å²) in [5, 5.41) is 11.0. The molecule has 0 unspecified atom stereocenters. The van der Waals surface area contributed by atoms with Crippen molar-refractivity contribution in [2.24, 2.45) is 0 Å². The standard InChI is InChI=1S/C11H13BrN2O4/c1-13(11(15)8-12)6-7-18-10-5-3-2-4-9(10)14(16)17/h2-5H,6-8H2,1H3. The number of benzene rings is 1. The number of nitro benzene ring substituents is 1. The van der Waals surface area contributed by atoms with Gasteiger partial charge in [0.05, 0.1) is 16.8 Å². The first-order valence-corrected chi connectivity index (χ1v) is 6.34. The van der Waals surface area contributed by atoms with Crippen LogP contribution in [-0.2, 0) is 4.79 Å². The lowest BCUT2D eigenvalue weighted by molar-refractivity contribution is -0.385. The SMILES string of the molecule is CN(CCOc1ccccc1[N+](=O)[O-])C(=O)CBr. The molecule has 0 aromatic heterocycles. The van der Waals surface area contributed by atoms with Crippen molar-refractivity contribution in [3.05, 3.63) is 34.4 Å². The van der Waals surface area contributed by atoms with Crippen LogP contribution in [0.4, 0.5) is 5.69 Å². The number of halogens is 1. The van der Waals surface area contributed by atoms with Gasteiger partial charge in [0.1, 0.15) is 6.61 Å². The lowest BCUT2D eigenvalue weighted by atomic mass is 10.3. The second-order valence-electron chi connectivity index (χ2n) is 3.52. The Morgan fingerprint density at radius 1 is 1.50 bits per heavy atom. The summed E-state index contributed by atoms with van der Waals surface area (Å²) in [6.45, 7) is 0.580. The van der Waals surface area contributed by atoms with E-state index in [4.69, 9.17) is 4.74 Å². The first-order valence-electron chi connectivity index (χ1n) is 5.22. The van der Waals surface area contributed by atoms with E-state index in [1.165, 1.54) is 17.0 Å².